The van der Waals surface area contributed by atoms with Gasteiger partial charge in [-0.25, -0.2) is 4.98 Å². The average Bonchev–Trinajstić information content (AvgIpc) is 2.47. The van der Waals surface area contributed by atoms with Gasteiger partial charge < -0.3 is 15.5 Å². The molecule has 1 spiro atoms. The minimum Gasteiger partial charge on any atom is -0.384 e. The molecule has 2 aliphatic heterocycles. The number of nitrogens with two attached hydrogens (primary N) is 1. The maximum absolute atomic E-state index is 10.7. The van der Waals surface area contributed by atoms with Crippen molar-refractivity contribution in [3.8, 4) is 0 Å². The van der Waals surface area contributed by atoms with E-state index in [0.29, 0.717) is 11.2 Å². The molecule has 0 bridgehead atoms. The standard InChI is InChI=1S/C17H18N4O/c18-16-6-5-15(7-19-16)21-11-17(12-21)9-20(10-17)14-3-1-13(8-22)2-4-14/h1-8H,9-12H2,(H2,18,19). The predicted octanol–water partition coefficient (Wildman–Crippen LogP) is 1.80. The van der Waals surface area contributed by atoms with Crippen molar-refractivity contribution in [1.29, 1.82) is 0 Å². The summed E-state index contributed by atoms with van der Waals surface area (Å²) in [5.74, 6) is 0.563. The van der Waals surface area contributed by atoms with E-state index < -0.39 is 0 Å². The summed E-state index contributed by atoms with van der Waals surface area (Å²) in [5.41, 5.74) is 9.10. The molecule has 2 aliphatic rings. The molecular formula is C17H18N4O. The summed E-state index contributed by atoms with van der Waals surface area (Å²) in [7, 11) is 0. The van der Waals surface area contributed by atoms with E-state index in [1.165, 1.54) is 5.69 Å². The zero-order chi connectivity index (χ0) is 15.2. The Morgan fingerprint density at radius 1 is 0.955 bits per heavy atom. The first-order chi connectivity index (χ1) is 10.7. The number of hydrogen-bond acceptors (Lipinski definition) is 5. The molecular weight excluding hydrogens is 276 g/mol. The number of nitrogen functional groups attached to an aromatic ring is 1. The first kappa shape index (κ1) is 13.1. The summed E-state index contributed by atoms with van der Waals surface area (Å²) in [6, 6.07) is 11.7. The minimum atomic E-state index is 0.407. The molecule has 5 nitrogen and oxygen atoms in total. The number of carbonyl (C=O) groups is 1. The van der Waals surface area contributed by atoms with E-state index >= 15 is 0 Å². The van der Waals surface area contributed by atoms with Crippen molar-refractivity contribution in [2.75, 3.05) is 41.7 Å². The summed E-state index contributed by atoms with van der Waals surface area (Å²) in [5, 5.41) is 0. The molecule has 0 atom stereocenters. The van der Waals surface area contributed by atoms with Crippen LogP contribution < -0.4 is 15.5 Å². The third-order valence-corrected chi connectivity index (χ3v) is 4.64. The van der Waals surface area contributed by atoms with Gasteiger partial charge in [0.25, 0.3) is 0 Å². The van der Waals surface area contributed by atoms with Gasteiger partial charge in [-0.1, -0.05) is 0 Å². The van der Waals surface area contributed by atoms with Crippen molar-refractivity contribution < 1.29 is 4.79 Å². The molecule has 1 aromatic carbocycles. The Balaban J connectivity index is 1.36. The topological polar surface area (TPSA) is 62.5 Å². The van der Waals surface area contributed by atoms with E-state index in [9.17, 15) is 4.79 Å². The van der Waals surface area contributed by atoms with Gasteiger partial charge in [0, 0.05) is 42.8 Å². The van der Waals surface area contributed by atoms with E-state index in [-0.39, 0.29) is 0 Å². The van der Waals surface area contributed by atoms with Gasteiger partial charge in [0.2, 0.25) is 0 Å². The van der Waals surface area contributed by atoms with Gasteiger partial charge in [-0.15, -0.1) is 0 Å². The van der Waals surface area contributed by atoms with Gasteiger partial charge in [-0.05, 0) is 36.4 Å². The molecule has 3 heterocycles. The Morgan fingerprint density at radius 3 is 2.09 bits per heavy atom. The summed E-state index contributed by atoms with van der Waals surface area (Å²) < 4.78 is 0. The van der Waals surface area contributed by atoms with Crippen molar-refractivity contribution >= 4 is 23.5 Å². The van der Waals surface area contributed by atoms with E-state index in [1.54, 1.807) is 0 Å². The minimum absolute atomic E-state index is 0.407. The molecule has 22 heavy (non-hydrogen) atoms. The molecule has 112 valence electrons. The number of pyridine rings is 1. The number of anilines is 3. The Hall–Kier alpha value is -2.56. The highest BCUT2D eigenvalue weighted by atomic mass is 16.1. The lowest BCUT2D eigenvalue weighted by Gasteiger charge is -2.61. The quantitative estimate of drug-likeness (QED) is 0.875. The van der Waals surface area contributed by atoms with Gasteiger partial charge >= 0.3 is 0 Å². The fourth-order valence-corrected chi connectivity index (χ4v) is 3.44. The predicted molar refractivity (Wildman–Crippen MR) is 87.3 cm³/mol. The van der Waals surface area contributed by atoms with Crippen LogP contribution in [0.2, 0.25) is 0 Å². The van der Waals surface area contributed by atoms with Crippen LogP contribution in [-0.2, 0) is 0 Å². The van der Waals surface area contributed by atoms with Gasteiger partial charge in [0.05, 0.1) is 11.9 Å². The molecule has 2 fully saturated rings. The maximum Gasteiger partial charge on any atom is 0.150 e. The van der Waals surface area contributed by atoms with Gasteiger partial charge in [-0.2, -0.15) is 0 Å². The van der Waals surface area contributed by atoms with Gasteiger partial charge in [0.15, 0.2) is 0 Å². The van der Waals surface area contributed by atoms with Crippen LogP contribution >= 0.6 is 0 Å². The highest BCUT2D eigenvalue weighted by Gasteiger charge is 2.51. The second kappa shape index (κ2) is 4.73. The number of aldehydes is 1. The zero-order valence-corrected chi connectivity index (χ0v) is 12.3. The van der Waals surface area contributed by atoms with Crippen LogP contribution in [0.5, 0.6) is 0 Å². The Kier molecular flexibility index (Phi) is 2.82. The van der Waals surface area contributed by atoms with Crippen LogP contribution in [0.4, 0.5) is 17.2 Å². The lowest BCUT2D eigenvalue weighted by molar-refractivity contribution is 0.112. The van der Waals surface area contributed by atoms with E-state index in [4.69, 9.17) is 5.73 Å². The van der Waals surface area contributed by atoms with E-state index in [0.717, 1.165) is 43.7 Å². The van der Waals surface area contributed by atoms with E-state index in [1.807, 2.05) is 42.6 Å². The molecule has 1 aromatic heterocycles. The third kappa shape index (κ3) is 2.09. The smallest absolute Gasteiger partial charge is 0.150 e. The maximum atomic E-state index is 10.7. The lowest BCUT2D eigenvalue weighted by Crippen LogP contribution is -2.72. The van der Waals surface area contributed by atoms with E-state index in [2.05, 4.69) is 14.8 Å². The van der Waals surface area contributed by atoms with Crippen LogP contribution in [0.25, 0.3) is 0 Å². The monoisotopic (exact) mass is 294 g/mol. The van der Waals surface area contributed by atoms with Crippen LogP contribution in [0, 0.1) is 5.41 Å². The molecule has 0 unspecified atom stereocenters. The largest absolute Gasteiger partial charge is 0.384 e. The summed E-state index contributed by atoms with van der Waals surface area (Å²) in [6.45, 7) is 4.29. The first-order valence-corrected chi connectivity index (χ1v) is 7.44. The second-order valence-electron chi connectivity index (χ2n) is 6.36. The molecule has 0 radical (unpaired) electrons. The Morgan fingerprint density at radius 2 is 1.55 bits per heavy atom. The van der Waals surface area contributed by atoms with Crippen molar-refractivity contribution in [3.63, 3.8) is 0 Å². The molecule has 0 amide bonds. The normalized spacial score (nSPS) is 18.7. The fraction of sp³-hybridized carbons (Fsp3) is 0.294. The number of nitrogens with zero attached hydrogens (tertiary/aromatic N) is 3. The second-order valence-corrected chi connectivity index (χ2v) is 6.36. The van der Waals surface area contributed by atoms with Crippen molar-refractivity contribution in [3.05, 3.63) is 48.2 Å². The van der Waals surface area contributed by atoms with Crippen molar-refractivity contribution in [2.45, 2.75) is 0 Å². The summed E-state index contributed by atoms with van der Waals surface area (Å²) in [6.07, 6.45) is 2.72. The molecule has 4 rings (SSSR count). The SMILES string of the molecule is Nc1ccc(N2CC3(CN(c4ccc(C=O)cc4)C3)C2)cn1. The number of rotatable bonds is 3. The first-order valence-electron chi connectivity index (χ1n) is 7.44. The van der Waals surface area contributed by atoms with Crippen molar-refractivity contribution in [1.82, 2.24) is 4.98 Å². The van der Waals surface area contributed by atoms with Crippen LogP contribution in [-0.4, -0.2) is 37.4 Å². The summed E-state index contributed by atoms with van der Waals surface area (Å²) in [4.78, 5) is 19.6. The molecule has 0 saturated carbocycles. The third-order valence-electron chi connectivity index (χ3n) is 4.64. The Labute approximate surface area is 129 Å². The number of hydrogen-bond donors (Lipinski definition) is 1. The fourth-order valence-electron chi connectivity index (χ4n) is 3.44. The van der Waals surface area contributed by atoms with Gasteiger partial charge in [0.1, 0.15) is 12.1 Å². The molecule has 2 N–H and O–H groups in total. The number of aromatic nitrogens is 1. The zero-order valence-electron chi connectivity index (χ0n) is 12.3. The van der Waals surface area contributed by atoms with Gasteiger partial charge in [-0.3, -0.25) is 4.79 Å². The number of benzene rings is 1. The molecule has 2 aromatic rings. The molecule has 2 saturated heterocycles. The highest BCUT2D eigenvalue weighted by molar-refractivity contribution is 5.75. The number of carbonyl (C=O) groups excluding carboxylic acids is 1. The van der Waals surface area contributed by atoms with Crippen molar-refractivity contribution in [2.24, 2.45) is 5.41 Å². The van der Waals surface area contributed by atoms with Crippen LogP contribution in [0.3, 0.4) is 0 Å². The summed E-state index contributed by atoms with van der Waals surface area (Å²) >= 11 is 0. The molecule has 5 heteroatoms. The van der Waals surface area contributed by atoms with Crippen LogP contribution in [0.15, 0.2) is 42.6 Å². The average molecular weight is 294 g/mol. The Bertz CT molecular complexity index is 682. The highest BCUT2D eigenvalue weighted by Crippen LogP contribution is 2.43. The lowest BCUT2D eigenvalue weighted by atomic mass is 9.72. The molecule has 0 aliphatic carbocycles. The van der Waals surface area contributed by atoms with Crippen LogP contribution in [0.1, 0.15) is 10.4 Å².